The predicted octanol–water partition coefficient (Wildman–Crippen LogP) is 1.00. The molecular weight excluding hydrogens is 203 g/mol. The van der Waals surface area contributed by atoms with Gasteiger partial charge in [-0.25, -0.2) is 4.79 Å². The van der Waals surface area contributed by atoms with Crippen LogP contribution in [-0.2, 0) is 9.53 Å². The molecule has 0 saturated carbocycles. The molecule has 0 aromatic rings. The Morgan fingerprint density at radius 2 is 1.93 bits per heavy atom. The molecular formula is C7H14F3NO3. The summed E-state index contributed by atoms with van der Waals surface area (Å²) < 4.78 is 36.7. The molecule has 0 fully saturated rings. The number of carbonyl (C=O) groups is 1. The van der Waals surface area contributed by atoms with Crippen LogP contribution in [0.2, 0.25) is 0 Å². The van der Waals surface area contributed by atoms with Gasteiger partial charge in [-0.05, 0) is 13.8 Å². The summed E-state index contributed by atoms with van der Waals surface area (Å²) in [6.45, 7) is 5.33. The molecule has 0 spiro atoms. The molecule has 0 radical (unpaired) electrons. The first-order chi connectivity index (χ1) is 6.21. The molecule has 14 heavy (non-hydrogen) atoms. The second-order valence-electron chi connectivity index (χ2n) is 2.44. The summed E-state index contributed by atoms with van der Waals surface area (Å²) in [5.74, 6) is -2.76. The Bertz CT molecular complexity index is 159. The second-order valence-corrected chi connectivity index (χ2v) is 2.44. The number of hydrogen-bond donors (Lipinski definition) is 2. The van der Waals surface area contributed by atoms with Crippen molar-refractivity contribution >= 4 is 5.97 Å². The average molecular weight is 217 g/mol. The van der Waals surface area contributed by atoms with Gasteiger partial charge in [0.1, 0.15) is 0 Å². The fourth-order valence-corrected chi connectivity index (χ4v) is 0.304. The van der Waals surface area contributed by atoms with Crippen molar-refractivity contribution < 1.29 is 27.8 Å². The van der Waals surface area contributed by atoms with Crippen molar-refractivity contribution in [1.29, 1.82) is 0 Å². The topological polar surface area (TPSA) is 72.5 Å². The van der Waals surface area contributed by atoms with Gasteiger partial charge in [-0.2, -0.15) is 13.2 Å². The molecule has 3 N–H and O–H groups in total. The molecule has 0 aliphatic carbocycles. The average Bonchev–Trinajstić information content (AvgIpc) is 2.00. The molecule has 7 heteroatoms. The van der Waals surface area contributed by atoms with Gasteiger partial charge >= 0.3 is 12.1 Å². The minimum absolute atomic E-state index is 0.181. The molecule has 0 bridgehead atoms. The first kappa shape index (κ1) is 15.6. The Morgan fingerprint density at radius 1 is 1.57 bits per heavy atom. The molecule has 0 amide bonds. The Labute approximate surface area is 79.8 Å². The van der Waals surface area contributed by atoms with Crippen molar-refractivity contribution in [2.75, 3.05) is 13.2 Å². The highest BCUT2D eigenvalue weighted by Crippen LogP contribution is 2.13. The molecule has 0 aromatic carbocycles. The van der Waals surface area contributed by atoms with Crippen LogP contribution in [0.1, 0.15) is 13.8 Å². The predicted molar refractivity (Wildman–Crippen MR) is 43.8 cm³/mol. The highest BCUT2D eigenvalue weighted by Gasteiger charge is 2.38. The van der Waals surface area contributed by atoms with Crippen molar-refractivity contribution in [3.63, 3.8) is 0 Å². The highest BCUT2D eigenvalue weighted by molar-refractivity contribution is 5.73. The van der Waals surface area contributed by atoms with E-state index in [1.54, 1.807) is 0 Å². The van der Waals surface area contributed by atoms with Crippen molar-refractivity contribution in [3.05, 3.63) is 0 Å². The maximum absolute atomic E-state index is 10.6. The first-order valence-electron chi connectivity index (χ1n) is 3.85. The number of carboxylic acids is 1. The summed E-state index contributed by atoms with van der Waals surface area (Å²) in [7, 11) is 0. The van der Waals surface area contributed by atoms with Crippen LogP contribution < -0.4 is 5.73 Å². The maximum atomic E-state index is 10.6. The highest BCUT2D eigenvalue weighted by atomic mass is 19.4. The monoisotopic (exact) mass is 217 g/mol. The van der Waals surface area contributed by atoms with Gasteiger partial charge < -0.3 is 15.6 Å². The third-order valence-corrected chi connectivity index (χ3v) is 0.827. The number of hydrogen-bond acceptors (Lipinski definition) is 3. The Morgan fingerprint density at radius 3 is 2.00 bits per heavy atom. The van der Waals surface area contributed by atoms with E-state index in [1.165, 1.54) is 0 Å². The second kappa shape index (κ2) is 7.57. The maximum Gasteiger partial charge on any atom is 0.490 e. The van der Waals surface area contributed by atoms with Crippen molar-refractivity contribution in [1.82, 2.24) is 0 Å². The lowest BCUT2D eigenvalue weighted by Crippen LogP contribution is -2.21. The summed E-state index contributed by atoms with van der Waals surface area (Å²) in [4.78, 5) is 8.90. The molecule has 0 aliphatic rings. The van der Waals surface area contributed by atoms with Crippen molar-refractivity contribution in [3.8, 4) is 0 Å². The normalized spacial score (nSPS) is 12.7. The largest absolute Gasteiger partial charge is 0.490 e. The lowest BCUT2D eigenvalue weighted by Gasteiger charge is -2.01. The van der Waals surface area contributed by atoms with Gasteiger partial charge in [0.2, 0.25) is 0 Å². The number of alkyl halides is 3. The molecule has 0 heterocycles. The van der Waals surface area contributed by atoms with Gasteiger partial charge in [-0.3, -0.25) is 0 Å². The van der Waals surface area contributed by atoms with E-state index in [2.05, 4.69) is 0 Å². The van der Waals surface area contributed by atoms with Crippen molar-refractivity contribution in [2.24, 2.45) is 5.73 Å². The van der Waals surface area contributed by atoms with E-state index in [0.29, 0.717) is 6.61 Å². The van der Waals surface area contributed by atoms with Crippen molar-refractivity contribution in [2.45, 2.75) is 26.1 Å². The zero-order valence-electron chi connectivity index (χ0n) is 7.97. The number of ether oxygens (including phenoxy) is 1. The molecule has 0 rings (SSSR count). The van der Waals surface area contributed by atoms with Crippen LogP contribution in [0.3, 0.4) is 0 Å². The summed E-state index contributed by atoms with van der Waals surface area (Å²) in [6.07, 6.45) is -5.08. The van der Waals surface area contributed by atoms with E-state index in [9.17, 15) is 13.2 Å². The molecule has 0 saturated heterocycles. The van der Waals surface area contributed by atoms with Gasteiger partial charge in [0.25, 0.3) is 0 Å². The first-order valence-corrected chi connectivity index (χ1v) is 3.85. The van der Waals surface area contributed by atoms with E-state index in [4.69, 9.17) is 20.4 Å². The van der Waals surface area contributed by atoms with Crippen LogP contribution in [0.15, 0.2) is 0 Å². The van der Waals surface area contributed by atoms with Gasteiger partial charge in [0, 0.05) is 12.6 Å². The number of rotatable bonds is 3. The molecule has 4 nitrogen and oxygen atoms in total. The molecule has 0 aromatic heterocycles. The zero-order valence-corrected chi connectivity index (χ0v) is 7.97. The number of carboxylic acid groups (broad SMARTS) is 1. The van der Waals surface area contributed by atoms with E-state index in [0.717, 1.165) is 6.61 Å². The van der Waals surface area contributed by atoms with Crippen LogP contribution in [0.4, 0.5) is 13.2 Å². The summed E-state index contributed by atoms with van der Waals surface area (Å²) in [5, 5.41) is 7.12. The fourth-order valence-electron chi connectivity index (χ4n) is 0.304. The third-order valence-electron chi connectivity index (χ3n) is 0.827. The minimum Gasteiger partial charge on any atom is -0.475 e. The fraction of sp³-hybridized carbons (Fsp3) is 0.857. The Hall–Kier alpha value is -0.820. The molecule has 1 unspecified atom stereocenters. The van der Waals surface area contributed by atoms with Gasteiger partial charge in [-0.1, -0.05) is 0 Å². The van der Waals surface area contributed by atoms with E-state index >= 15 is 0 Å². The van der Waals surface area contributed by atoms with E-state index in [1.807, 2.05) is 13.8 Å². The lowest BCUT2D eigenvalue weighted by atomic mass is 10.4. The van der Waals surface area contributed by atoms with Gasteiger partial charge in [0.05, 0.1) is 6.61 Å². The summed E-state index contributed by atoms with van der Waals surface area (Å²) >= 11 is 0. The number of nitrogens with two attached hydrogens (primary N) is 1. The molecule has 86 valence electrons. The Kier molecular flexibility index (Phi) is 8.46. The lowest BCUT2D eigenvalue weighted by molar-refractivity contribution is -0.192. The van der Waals surface area contributed by atoms with Crippen LogP contribution in [-0.4, -0.2) is 36.5 Å². The van der Waals surface area contributed by atoms with Gasteiger partial charge in [0.15, 0.2) is 0 Å². The van der Waals surface area contributed by atoms with Crippen LogP contribution in [0, 0.1) is 0 Å². The van der Waals surface area contributed by atoms with Crippen LogP contribution in [0.5, 0.6) is 0 Å². The molecule has 0 aliphatic heterocycles. The third kappa shape index (κ3) is 13.7. The Balaban J connectivity index is 0. The SMILES string of the molecule is CCOCC(C)N.O=C(O)C(F)(F)F. The van der Waals surface area contributed by atoms with Gasteiger partial charge in [-0.15, -0.1) is 0 Å². The minimum atomic E-state index is -5.08. The standard InChI is InChI=1S/C5H13NO.C2HF3O2/c1-3-7-4-5(2)6;3-2(4,5)1(6)7/h5H,3-4,6H2,1-2H3;(H,6,7). The molecule has 1 atom stereocenters. The summed E-state index contributed by atoms with van der Waals surface area (Å²) in [6, 6.07) is 0.181. The summed E-state index contributed by atoms with van der Waals surface area (Å²) in [5.41, 5.74) is 5.35. The van der Waals surface area contributed by atoms with E-state index < -0.39 is 12.1 Å². The quantitative estimate of drug-likeness (QED) is 0.739. The number of halogens is 3. The smallest absolute Gasteiger partial charge is 0.475 e. The number of aliphatic carboxylic acids is 1. The van der Waals surface area contributed by atoms with Crippen LogP contribution >= 0.6 is 0 Å². The van der Waals surface area contributed by atoms with E-state index in [-0.39, 0.29) is 6.04 Å². The van der Waals surface area contributed by atoms with Crippen LogP contribution in [0.25, 0.3) is 0 Å². The zero-order chi connectivity index (χ0) is 11.8.